The number of alkyl halides is 11. The Bertz CT molecular complexity index is 745. The van der Waals surface area contributed by atoms with Crippen LogP contribution in [0, 0.1) is 0 Å². The summed E-state index contributed by atoms with van der Waals surface area (Å²) in [4.78, 5) is 1.34. The van der Waals surface area contributed by atoms with Gasteiger partial charge in [0.1, 0.15) is 0 Å². The molecule has 30 heavy (non-hydrogen) atoms. The molecule has 0 radical (unpaired) electrons. The van der Waals surface area contributed by atoms with Gasteiger partial charge in [0.05, 0.1) is 12.0 Å². The molecular formula is C17H18F11NO. The van der Waals surface area contributed by atoms with E-state index in [9.17, 15) is 48.3 Å². The quantitative estimate of drug-likeness (QED) is 0.434. The molecule has 1 aromatic carbocycles. The number of anilines is 1. The molecule has 0 saturated carbocycles. The zero-order valence-corrected chi connectivity index (χ0v) is 16.0. The Balaban J connectivity index is 3.53. The third-order valence-corrected chi connectivity index (χ3v) is 4.57. The summed E-state index contributed by atoms with van der Waals surface area (Å²) < 4.78 is 151. The van der Waals surface area contributed by atoms with E-state index in [4.69, 9.17) is 4.74 Å². The fraction of sp³-hybridized carbons (Fsp3) is 0.647. The van der Waals surface area contributed by atoms with Gasteiger partial charge < -0.3 is 9.64 Å². The normalized spacial score (nSPS) is 16.4. The van der Waals surface area contributed by atoms with Crippen LogP contribution in [-0.4, -0.2) is 51.1 Å². The molecule has 0 bridgehead atoms. The number of hydrogen-bond donors (Lipinski definition) is 0. The lowest BCUT2D eigenvalue weighted by Crippen LogP contribution is -2.67. The SMILES string of the molecule is COC(C)(CC(F)(F)C(F)(F)C(F)(F)C(F)(F)C(F)(F)F)c1ccccc1N(C)C. The largest absolute Gasteiger partial charge is 0.460 e. The Labute approximate surface area is 164 Å². The maximum absolute atomic E-state index is 14.3. The van der Waals surface area contributed by atoms with Crippen LogP contribution >= 0.6 is 0 Å². The third-order valence-electron chi connectivity index (χ3n) is 4.57. The van der Waals surface area contributed by atoms with E-state index in [0.29, 0.717) is 0 Å². The standard InChI is InChI=1S/C17H18F11NO/c1-12(30-4,10-7-5-6-8-11(10)29(2)3)9-13(18,19)14(20,21)15(22,23)16(24,25)17(26,27)28/h5-8H,9H2,1-4H3. The number of rotatable bonds is 8. The molecule has 0 amide bonds. The number of benzene rings is 1. The average molecular weight is 461 g/mol. The van der Waals surface area contributed by atoms with Gasteiger partial charge in [0.15, 0.2) is 0 Å². The van der Waals surface area contributed by atoms with E-state index in [1.165, 1.54) is 37.2 Å². The Morgan fingerprint density at radius 2 is 1.23 bits per heavy atom. The van der Waals surface area contributed by atoms with Crippen LogP contribution in [0.2, 0.25) is 0 Å². The van der Waals surface area contributed by atoms with E-state index >= 15 is 0 Å². The fourth-order valence-electron chi connectivity index (χ4n) is 2.73. The number of hydrogen-bond acceptors (Lipinski definition) is 2. The third kappa shape index (κ3) is 4.04. The molecule has 1 unspecified atom stereocenters. The molecule has 13 heteroatoms. The summed E-state index contributed by atoms with van der Waals surface area (Å²) in [5.41, 5.74) is -2.54. The van der Waals surface area contributed by atoms with Crippen molar-refractivity contribution in [1.82, 2.24) is 0 Å². The van der Waals surface area contributed by atoms with E-state index in [1.807, 2.05) is 0 Å². The Morgan fingerprint density at radius 1 is 0.767 bits per heavy atom. The fourth-order valence-corrected chi connectivity index (χ4v) is 2.73. The topological polar surface area (TPSA) is 12.5 Å². The molecular weight excluding hydrogens is 443 g/mol. The molecule has 2 nitrogen and oxygen atoms in total. The van der Waals surface area contributed by atoms with Crippen molar-refractivity contribution in [2.45, 2.75) is 48.8 Å². The van der Waals surface area contributed by atoms with Crippen LogP contribution in [0.1, 0.15) is 18.9 Å². The average Bonchev–Trinajstić information content (AvgIpc) is 2.59. The summed E-state index contributed by atoms with van der Waals surface area (Å²) in [6.07, 6.45) is -9.52. The zero-order valence-electron chi connectivity index (χ0n) is 16.0. The number of methoxy groups -OCH3 is 1. The summed E-state index contributed by atoms with van der Waals surface area (Å²) in [5.74, 6) is -28.0. The van der Waals surface area contributed by atoms with Crippen molar-refractivity contribution < 1.29 is 53.0 Å². The summed E-state index contributed by atoms with van der Waals surface area (Å²) in [5, 5.41) is 0. The van der Waals surface area contributed by atoms with Gasteiger partial charge >= 0.3 is 29.9 Å². The Kier molecular flexibility index (Phi) is 6.75. The second-order valence-electron chi connectivity index (χ2n) is 6.95. The van der Waals surface area contributed by atoms with Crippen molar-refractivity contribution in [2.24, 2.45) is 0 Å². The van der Waals surface area contributed by atoms with E-state index in [1.54, 1.807) is 0 Å². The van der Waals surface area contributed by atoms with Crippen LogP contribution in [0.4, 0.5) is 54.0 Å². The number of para-hydroxylation sites is 1. The van der Waals surface area contributed by atoms with Gasteiger partial charge in [-0.1, -0.05) is 18.2 Å². The first-order valence-electron chi connectivity index (χ1n) is 8.09. The number of ether oxygens (including phenoxy) is 1. The number of halogens is 11. The lowest BCUT2D eigenvalue weighted by atomic mass is 9.84. The van der Waals surface area contributed by atoms with Crippen molar-refractivity contribution in [2.75, 3.05) is 26.1 Å². The minimum atomic E-state index is -7.45. The first kappa shape index (κ1) is 26.2. The van der Waals surface area contributed by atoms with Gasteiger partial charge in [0.2, 0.25) is 0 Å². The molecule has 174 valence electrons. The smallest absolute Gasteiger partial charge is 0.377 e. The number of nitrogens with zero attached hydrogens (tertiary/aromatic N) is 1. The first-order valence-corrected chi connectivity index (χ1v) is 8.09. The van der Waals surface area contributed by atoms with E-state index in [2.05, 4.69) is 0 Å². The van der Waals surface area contributed by atoms with Crippen molar-refractivity contribution in [3.8, 4) is 0 Å². The minimum Gasteiger partial charge on any atom is -0.377 e. The molecule has 0 fully saturated rings. The van der Waals surface area contributed by atoms with Crippen molar-refractivity contribution in [3.63, 3.8) is 0 Å². The molecule has 0 spiro atoms. The summed E-state index contributed by atoms with van der Waals surface area (Å²) in [6.45, 7) is 0.791. The molecule has 1 aromatic rings. The second kappa shape index (κ2) is 7.72. The van der Waals surface area contributed by atoms with Gasteiger partial charge in [-0.3, -0.25) is 0 Å². The molecule has 0 aliphatic heterocycles. The maximum atomic E-state index is 14.3. The molecule has 0 aliphatic rings. The van der Waals surface area contributed by atoms with Gasteiger partial charge in [0, 0.05) is 32.5 Å². The predicted octanol–water partition coefficient (Wildman–Crippen LogP) is 6.11. The molecule has 0 saturated heterocycles. The molecule has 0 aromatic heterocycles. The monoisotopic (exact) mass is 461 g/mol. The van der Waals surface area contributed by atoms with Crippen LogP contribution in [0.3, 0.4) is 0 Å². The maximum Gasteiger partial charge on any atom is 0.460 e. The van der Waals surface area contributed by atoms with Crippen LogP contribution in [0.15, 0.2) is 24.3 Å². The van der Waals surface area contributed by atoms with E-state index in [0.717, 1.165) is 20.1 Å². The van der Waals surface area contributed by atoms with Crippen molar-refractivity contribution >= 4 is 5.69 Å². The predicted molar refractivity (Wildman–Crippen MR) is 85.6 cm³/mol. The molecule has 1 atom stereocenters. The molecule has 1 rings (SSSR count). The second-order valence-corrected chi connectivity index (χ2v) is 6.95. The van der Waals surface area contributed by atoms with Crippen LogP contribution in [0.25, 0.3) is 0 Å². The Morgan fingerprint density at radius 3 is 1.63 bits per heavy atom. The first-order chi connectivity index (χ1) is 13.2. The summed E-state index contributed by atoms with van der Waals surface area (Å²) in [6, 6.07) is 5.19. The van der Waals surface area contributed by atoms with Gasteiger partial charge in [0.25, 0.3) is 0 Å². The highest BCUT2D eigenvalue weighted by Gasteiger charge is 2.87. The van der Waals surface area contributed by atoms with Crippen molar-refractivity contribution in [1.29, 1.82) is 0 Å². The van der Waals surface area contributed by atoms with Gasteiger partial charge in [-0.05, 0) is 13.0 Å². The minimum absolute atomic E-state index is 0.133. The Hall–Kier alpha value is -1.79. The zero-order chi connectivity index (χ0) is 24.0. The van der Waals surface area contributed by atoms with Gasteiger partial charge in [-0.2, -0.15) is 48.3 Å². The highest BCUT2D eigenvalue weighted by atomic mass is 19.4. The van der Waals surface area contributed by atoms with Crippen molar-refractivity contribution in [3.05, 3.63) is 29.8 Å². The molecule has 0 heterocycles. The van der Waals surface area contributed by atoms with E-state index in [-0.39, 0.29) is 11.3 Å². The summed E-state index contributed by atoms with van der Waals surface area (Å²) >= 11 is 0. The van der Waals surface area contributed by atoms with Crippen LogP contribution < -0.4 is 4.90 Å². The van der Waals surface area contributed by atoms with E-state index < -0.39 is 41.9 Å². The summed E-state index contributed by atoms with van der Waals surface area (Å²) in [7, 11) is 3.63. The molecule has 0 N–H and O–H groups in total. The highest BCUT2D eigenvalue weighted by Crippen LogP contribution is 2.59. The van der Waals surface area contributed by atoms with Gasteiger partial charge in [-0.25, -0.2) is 0 Å². The lowest BCUT2D eigenvalue weighted by molar-refractivity contribution is -0.424. The van der Waals surface area contributed by atoms with Gasteiger partial charge in [-0.15, -0.1) is 0 Å². The molecule has 0 aliphatic carbocycles. The van der Waals surface area contributed by atoms with Crippen LogP contribution in [-0.2, 0) is 10.3 Å². The van der Waals surface area contributed by atoms with Crippen LogP contribution in [0.5, 0.6) is 0 Å². The highest BCUT2D eigenvalue weighted by molar-refractivity contribution is 5.55. The lowest BCUT2D eigenvalue weighted by Gasteiger charge is -2.41.